The zero-order valence-electron chi connectivity index (χ0n) is 13.8. The maximum atomic E-state index is 12.6. The molecule has 0 fully saturated rings. The molecule has 0 aliphatic carbocycles. The number of hydrogen-bond acceptors (Lipinski definition) is 1. The van der Waals surface area contributed by atoms with E-state index >= 15 is 0 Å². The van der Waals surface area contributed by atoms with Crippen molar-refractivity contribution in [1.29, 1.82) is 0 Å². The summed E-state index contributed by atoms with van der Waals surface area (Å²) in [5.41, 5.74) is 6.98. The molecule has 1 atom stereocenters. The van der Waals surface area contributed by atoms with Gasteiger partial charge in [-0.25, -0.2) is 0 Å². The monoisotopic (exact) mass is 291 g/mol. The third-order valence-electron chi connectivity index (χ3n) is 3.53. The van der Waals surface area contributed by atoms with Crippen molar-refractivity contribution in [3.63, 3.8) is 0 Å². The molecule has 0 amide bonds. The molecule has 2 aromatic rings. The number of hydrogen-bond donors (Lipinski definition) is 0. The molecule has 0 bridgehead atoms. The second-order valence-corrected chi connectivity index (χ2v) is 6.79. The molecular formula is C18H21LiOP+. The molecule has 21 heavy (non-hydrogen) atoms. The Kier molecular flexibility index (Phi) is 6.42. The van der Waals surface area contributed by atoms with Gasteiger partial charge < -0.3 is 0 Å². The molecule has 0 saturated carbocycles. The molecule has 2 rings (SSSR count). The zero-order valence-corrected chi connectivity index (χ0v) is 14.8. The van der Waals surface area contributed by atoms with Gasteiger partial charge in [0.05, 0.1) is 0 Å². The quantitative estimate of drug-likeness (QED) is 0.617. The first-order valence-electron chi connectivity index (χ1n) is 6.85. The third-order valence-corrected chi connectivity index (χ3v) is 4.84. The minimum Gasteiger partial charge on any atom is -0.289 e. The molecule has 3 heteroatoms. The van der Waals surface area contributed by atoms with E-state index in [9.17, 15) is 4.79 Å². The maximum Gasteiger partial charge on any atom is 1.00 e. The van der Waals surface area contributed by atoms with Crippen LogP contribution in [0.15, 0.2) is 30.3 Å². The predicted molar refractivity (Wildman–Crippen MR) is 88.8 cm³/mol. The Hall–Kier alpha value is -0.863. The van der Waals surface area contributed by atoms with E-state index in [2.05, 4.69) is 51.1 Å². The Bertz CT molecular complexity index is 654. The van der Waals surface area contributed by atoms with Crippen LogP contribution >= 0.6 is 8.58 Å². The Morgan fingerprint density at radius 2 is 1.33 bits per heavy atom. The summed E-state index contributed by atoms with van der Waals surface area (Å²) in [6.45, 7) is 10.3. The SMILES string of the molecule is Cc1ccc(PC(=O)c2c(C)cc(C)cc2C)c(C)c1.[Li+]. The standard InChI is InChI=1S/C18H21OP.Li/c1-11-6-7-16(13(3)8-11)20-18(19)17-14(4)9-12(2)10-15(17)5;/h6-10,20H,1-5H3;/q;+1. The van der Waals surface area contributed by atoms with E-state index in [-0.39, 0.29) is 33.0 Å². The van der Waals surface area contributed by atoms with Crippen LogP contribution in [-0.2, 0) is 0 Å². The molecule has 2 aromatic carbocycles. The number of benzene rings is 2. The van der Waals surface area contributed by atoms with Crippen LogP contribution in [0.25, 0.3) is 0 Å². The Morgan fingerprint density at radius 3 is 1.86 bits per heavy atom. The van der Waals surface area contributed by atoms with Gasteiger partial charge in [-0.15, -0.1) is 0 Å². The van der Waals surface area contributed by atoms with Gasteiger partial charge in [-0.1, -0.05) is 41.5 Å². The summed E-state index contributed by atoms with van der Waals surface area (Å²) in [6.07, 6.45) is 0. The number of carbonyl (C=O) groups is 1. The molecule has 0 aliphatic heterocycles. The Labute approximate surface area is 141 Å². The molecular weight excluding hydrogens is 270 g/mol. The fourth-order valence-electron chi connectivity index (χ4n) is 2.68. The van der Waals surface area contributed by atoms with E-state index in [1.54, 1.807) is 0 Å². The van der Waals surface area contributed by atoms with Crippen molar-refractivity contribution in [2.24, 2.45) is 0 Å². The maximum absolute atomic E-state index is 12.6. The van der Waals surface area contributed by atoms with Crippen molar-refractivity contribution >= 4 is 19.4 Å². The average Bonchev–Trinajstić information content (AvgIpc) is 2.31. The van der Waals surface area contributed by atoms with Crippen molar-refractivity contribution in [2.75, 3.05) is 0 Å². The van der Waals surface area contributed by atoms with Gasteiger partial charge in [0.25, 0.3) is 0 Å². The molecule has 0 aromatic heterocycles. The van der Waals surface area contributed by atoms with Gasteiger partial charge in [0.1, 0.15) is 0 Å². The predicted octanol–water partition coefficient (Wildman–Crippen LogP) is 1.38. The van der Waals surface area contributed by atoms with Crippen molar-refractivity contribution in [2.45, 2.75) is 34.6 Å². The van der Waals surface area contributed by atoms with Gasteiger partial charge in [-0.05, 0) is 65.2 Å². The second kappa shape index (κ2) is 7.42. The molecule has 1 unspecified atom stereocenters. The normalized spacial score (nSPS) is 10.7. The van der Waals surface area contributed by atoms with Gasteiger partial charge in [0.2, 0.25) is 0 Å². The summed E-state index contributed by atoms with van der Waals surface area (Å²) in [7, 11) is 0.202. The summed E-state index contributed by atoms with van der Waals surface area (Å²) in [6, 6.07) is 10.5. The second-order valence-electron chi connectivity index (χ2n) is 5.55. The van der Waals surface area contributed by atoms with Crippen LogP contribution in [0.3, 0.4) is 0 Å². The summed E-state index contributed by atoms with van der Waals surface area (Å²) < 4.78 is 0. The van der Waals surface area contributed by atoms with E-state index < -0.39 is 0 Å². The first-order valence-corrected chi connectivity index (χ1v) is 7.85. The molecule has 0 saturated heterocycles. The van der Waals surface area contributed by atoms with E-state index in [4.69, 9.17) is 0 Å². The van der Waals surface area contributed by atoms with Crippen LogP contribution in [0.1, 0.15) is 38.2 Å². The minimum absolute atomic E-state index is 0. The molecule has 0 heterocycles. The molecule has 104 valence electrons. The fourth-order valence-corrected chi connectivity index (χ4v) is 3.88. The van der Waals surface area contributed by atoms with Gasteiger partial charge in [0.15, 0.2) is 5.52 Å². The summed E-state index contributed by atoms with van der Waals surface area (Å²) in [5, 5.41) is 1.15. The molecule has 0 N–H and O–H groups in total. The Balaban J connectivity index is 0.00000220. The topological polar surface area (TPSA) is 17.1 Å². The Morgan fingerprint density at radius 1 is 0.810 bits per heavy atom. The van der Waals surface area contributed by atoms with Crippen molar-refractivity contribution in [3.05, 3.63) is 63.7 Å². The van der Waals surface area contributed by atoms with Crippen molar-refractivity contribution < 1.29 is 23.7 Å². The van der Waals surface area contributed by atoms with Gasteiger partial charge >= 0.3 is 18.9 Å². The van der Waals surface area contributed by atoms with E-state index in [0.717, 1.165) is 22.0 Å². The van der Waals surface area contributed by atoms with Crippen molar-refractivity contribution in [3.8, 4) is 0 Å². The minimum atomic E-state index is 0. The molecule has 0 spiro atoms. The van der Waals surface area contributed by atoms with E-state index in [0.29, 0.717) is 0 Å². The summed E-state index contributed by atoms with van der Waals surface area (Å²) >= 11 is 0. The average molecular weight is 291 g/mol. The van der Waals surface area contributed by atoms with Crippen LogP contribution in [-0.4, -0.2) is 5.52 Å². The first kappa shape index (κ1) is 18.2. The van der Waals surface area contributed by atoms with Crippen LogP contribution in [0.5, 0.6) is 0 Å². The molecule has 1 nitrogen and oxygen atoms in total. The van der Waals surface area contributed by atoms with Crippen LogP contribution in [0.2, 0.25) is 0 Å². The van der Waals surface area contributed by atoms with E-state index in [1.807, 2.05) is 13.8 Å². The zero-order chi connectivity index (χ0) is 14.9. The summed E-state index contributed by atoms with van der Waals surface area (Å²) in [4.78, 5) is 12.6. The van der Waals surface area contributed by atoms with Crippen LogP contribution < -0.4 is 24.2 Å². The van der Waals surface area contributed by atoms with Crippen LogP contribution in [0, 0.1) is 34.6 Å². The largest absolute Gasteiger partial charge is 1.00 e. The van der Waals surface area contributed by atoms with Crippen molar-refractivity contribution in [1.82, 2.24) is 0 Å². The number of rotatable bonds is 3. The van der Waals surface area contributed by atoms with E-state index in [1.165, 1.54) is 16.7 Å². The van der Waals surface area contributed by atoms with Gasteiger partial charge in [-0.2, -0.15) is 0 Å². The first-order chi connectivity index (χ1) is 9.38. The number of aryl methyl sites for hydroxylation is 5. The molecule has 0 aliphatic rings. The van der Waals surface area contributed by atoms with Gasteiger partial charge in [0, 0.05) is 5.56 Å². The molecule has 0 radical (unpaired) electrons. The smallest absolute Gasteiger partial charge is 0.289 e. The number of carbonyl (C=O) groups excluding carboxylic acids is 1. The fraction of sp³-hybridized carbons (Fsp3) is 0.278. The van der Waals surface area contributed by atoms with Crippen LogP contribution in [0.4, 0.5) is 0 Å². The third kappa shape index (κ3) is 4.30. The van der Waals surface area contributed by atoms with Gasteiger partial charge in [-0.3, -0.25) is 4.79 Å². The summed E-state index contributed by atoms with van der Waals surface area (Å²) in [5.74, 6) is 0.